The van der Waals surface area contributed by atoms with Gasteiger partial charge < -0.3 is 15.5 Å². The van der Waals surface area contributed by atoms with Crippen molar-refractivity contribution >= 4 is 27.4 Å². The molecule has 0 saturated carbocycles. The van der Waals surface area contributed by atoms with Crippen molar-refractivity contribution in [3.05, 3.63) is 39.9 Å². The molecule has 5 heteroatoms. The molecular formula is C13H16BrN3O. The maximum absolute atomic E-state index is 5.80. The van der Waals surface area contributed by atoms with Gasteiger partial charge in [0.1, 0.15) is 17.3 Å². The van der Waals surface area contributed by atoms with Crippen molar-refractivity contribution in [3.63, 3.8) is 0 Å². The first-order chi connectivity index (χ1) is 8.49. The fraction of sp³-hybridized carbons (Fsp3) is 0.308. The van der Waals surface area contributed by atoms with Crippen LogP contribution in [-0.2, 0) is 0 Å². The second kappa shape index (κ2) is 5.02. The molecule has 0 saturated heterocycles. The standard InChI is InChI=1S/C13H16BrN3O/c1-7-4-5-11(18-7)9(3)17-13-12(14)8(2)10(15)6-16-13/h4-6,9H,15H2,1-3H3,(H,16,17). The minimum Gasteiger partial charge on any atom is -0.464 e. The van der Waals surface area contributed by atoms with Crippen LogP contribution in [-0.4, -0.2) is 4.98 Å². The maximum atomic E-state index is 5.80. The number of nitrogen functional groups attached to an aromatic ring is 1. The Morgan fingerprint density at radius 1 is 1.39 bits per heavy atom. The normalized spacial score (nSPS) is 12.4. The molecule has 0 amide bonds. The summed E-state index contributed by atoms with van der Waals surface area (Å²) in [6.45, 7) is 5.91. The van der Waals surface area contributed by atoms with E-state index in [1.807, 2.05) is 32.9 Å². The number of rotatable bonds is 3. The highest BCUT2D eigenvalue weighted by Gasteiger charge is 2.13. The highest BCUT2D eigenvalue weighted by atomic mass is 79.9. The summed E-state index contributed by atoms with van der Waals surface area (Å²) >= 11 is 3.50. The Kier molecular flexibility index (Phi) is 3.61. The monoisotopic (exact) mass is 309 g/mol. The number of aryl methyl sites for hydroxylation is 1. The lowest BCUT2D eigenvalue weighted by Gasteiger charge is -2.15. The molecule has 0 aliphatic heterocycles. The van der Waals surface area contributed by atoms with Crippen molar-refractivity contribution in [1.82, 2.24) is 4.98 Å². The molecule has 0 spiro atoms. The quantitative estimate of drug-likeness (QED) is 0.905. The lowest BCUT2D eigenvalue weighted by atomic mass is 10.2. The van der Waals surface area contributed by atoms with E-state index in [9.17, 15) is 0 Å². The van der Waals surface area contributed by atoms with Gasteiger partial charge in [-0.25, -0.2) is 4.98 Å². The van der Waals surface area contributed by atoms with E-state index >= 15 is 0 Å². The average molecular weight is 310 g/mol. The van der Waals surface area contributed by atoms with Gasteiger partial charge in [0.15, 0.2) is 0 Å². The topological polar surface area (TPSA) is 64.1 Å². The van der Waals surface area contributed by atoms with E-state index in [1.165, 1.54) is 0 Å². The Hall–Kier alpha value is -1.49. The van der Waals surface area contributed by atoms with Gasteiger partial charge in [0.05, 0.1) is 22.4 Å². The van der Waals surface area contributed by atoms with Crippen molar-refractivity contribution in [1.29, 1.82) is 0 Å². The Balaban J connectivity index is 2.22. The van der Waals surface area contributed by atoms with Gasteiger partial charge in [-0.15, -0.1) is 0 Å². The predicted octanol–water partition coefficient (Wildman–Crippen LogP) is 3.81. The molecule has 1 unspecified atom stereocenters. The molecule has 0 radical (unpaired) electrons. The molecule has 2 aromatic heterocycles. The number of furan rings is 1. The van der Waals surface area contributed by atoms with Crippen LogP contribution >= 0.6 is 15.9 Å². The van der Waals surface area contributed by atoms with E-state index in [-0.39, 0.29) is 6.04 Å². The summed E-state index contributed by atoms with van der Waals surface area (Å²) in [6, 6.07) is 3.96. The van der Waals surface area contributed by atoms with Gasteiger partial charge >= 0.3 is 0 Å². The highest BCUT2D eigenvalue weighted by molar-refractivity contribution is 9.10. The molecule has 0 aliphatic rings. The van der Waals surface area contributed by atoms with Crippen LogP contribution in [0.15, 0.2) is 27.2 Å². The molecule has 2 heterocycles. The Morgan fingerprint density at radius 3 is 2.72 bits per heavy atom. The number of pyridine rings is 1. The zero-order chi connectivity index (χ0) is 13.3. The number of halogens is 1. The van der Waals surface area contributed by atoms with E-state index in [0.29, 0.717) is 5.69 Å². The first-order valence-corrected chi connectivity index (χ1v) is 6.51. The summed E-state index contributed by atoms with van der Waals surface area (Å²) in [5, 5.41) is 3.30. The third-order valence-electron chi connectivity index (χ3n) is 2.84. The summed E-state index contributed by atoms with van der Waals surface area (Å²) in [6.07, 6.45) is 1.66. The van der Waals surface area contributed by atoms with Gasteiger partial charge in [0.2, 0.25) is 0 Å². The van der Waals surface area contributed by atoms with Gasteiger partial charge in [-0.1, -0.05) is 0 Å². The van der Waals surface area contributed by atoms with Crippen LogP contribution < -0.4 is 11.1 Å². The van der Waals surface area contributed by atoms with Crippen LogP contribution in [0, 0.1) is 13.8 Å². The first-order valence-electron chi connectivity index (χ1n) is 5.72. The van der Waals surface area contributed by atoms with Crippen molar-refractivity contribution in [2.45, 2.75) is 26.8 Å². The zero-order valence-corrected chi connectivity index (χ0v) is 12.2. The smallest absolute Gasteiger partial charge is 0.141 e. The highest BCUT2D eigenvalue weighted by Crippen LogP contribution is 2.30. The van der Waals surface area contributed by atoms with Crippen molar-refractivity contribution < 1.29 is 4.42 Å². The Morgan fingerprint density at radius 2 is 2.11 bits per heavy atom. The van der Waals surface area contributed by atoms with E-state index in [0.717, 1.165) is 27.4 Å². The number of nitrogens with zero attached hydrogens (tertiary/aromatic N) is 1. The molecule has 0 bridgehead atoms. The van der Waals surface area contributed by atoms with Crippen LogP contribution in [0.25, 0.3) is 0 Å². The molecule has 18 heavy (non-hydrogen) atoms. The molecule has 1 atom stereocenters. The van der Waals surface area contributed by atoms with Gasteiger partial charge in [-0.2, -0.15) is 0 Å². The third kappa shape index (κ3) is 2.51. The summed E-state index contributed by atoms with van der Waals surface area (Å²) < 4.78 is 6.47. The summed E-state index contributed by atoms with van der Waals surface area (Å²) in [5.74, 6) is 2.55. The third-order valence-corrected chi connectivity index (χ3v) is 3.81. The van der Waals surface area contributed by atoms with E-state index < -0.39 is 0 Å². The number of anilines is 2. The fourth-order valence-corrected chi connectivity index (χ4v) is 2.10. The minimum absolute atomic E-state index is 0.0468. The lowest BCUT2D eigenvalue weighted by Crippen LogP contribution is -2.08. The lowest BCUT2D eigenvalue weighted by molar-refractivity contribution is 0.466. The van der Waals surface area contributed by atoms with E-state index in [1.54, 1.807) is 6.20 Å². The molecule has 2 rings (SSSR count). The molecule has 4 nitrogen and oxygen atoms in total. The molecule has 96 valence electrons. The van der Waals surface area contributed by atoms with E-state index in [2.05, 4.69) is 26.2 Å². The van der Waals surface area contributed by atoms with Crippen LogP contribution in [0.1, 0.15) is 30.0 Å². The number of nitrogens with one attached hydrogen (secondary N) is 1. The Bertz CT molecular complexity index is 565. The van der Waals surface area contributed by atoms with Gasteiger partial charge in [-0.05, 0) is 54.4 Å². The van der Waals surface area contributed by atoms with Crippen LogP contribution in [0.3, 0.4) is 0 Å². The molecular weight excluding hydrogens is 294 g/mol. The van der Waals surface area contributed by atoms with Crippen molar-refractivity contribution in [2.24, 2.45) is 0 Å². The maximum Gasteiger partial charge on any atom is 0.141 e. The summed E-state index contributed by atoms with van der Waals surface area (Å²) in [5.41, 5.74) is 7.45. The summed E-state index contributed by atoms with van der Waals surface area (Å²) in [7, 11) is 0. The largest absolute Gasteiger partial charge is 0.464 e. The number of hydrogen-bond donors (Lipinski definition) is 2. The van der Waals surface area contributed by atoms with Crippen molar-refractivity contribution in [2.75, 3.05) is 11.1 Å². The van der Waals surface area contributed by atoms with Crippen LogP contribution in [0.5, 0.6) is 0 Å². The fourth-order valence-electron chi connectivity index (χ4n) is 1.65. The molecule has 0 fully saturated rings. The van der Waals surface area contributed by atoms with Crippen LogP contribution in [0.4, 0.5) is 11.5 Å². The molecule has 2 aromatic rings. The second-order valence-corrected chi connectivity index (χ2v) is 5.11. The zero-order valence-electron chi connectivity index (χ0n) is 10.6. The van der Waals surface area contributed by atoms with Gasteiger partial charge in [-0.3, -0.25) is 0 Å². The number of nitrogens with two attached hydrogens (primary N) is 1. The molecule has 0 aromatic carbocycles. The van der Waals surface area contributed by atoms with Gasteiger partial charge in [0, 0.05) is 0 Å². The molecule has 3 N–H and O–H groups in total. The Labute approximate surface area is 115 Å². The van der Waals surface area contributed by atoms with Crippen molar-refractivity contribution in [3.8, 4) is 0 Å². The first kappa shape index (κ1) is 13.0. The van der Waals surface area contributed by atoms with Gasteiger partial charge in [0.25, 0.3) is 0 Å². The average Bonchev–Trinajstić information content (AvgIpc) is 2.77. The minimum atomic E-state index is 0.0468. The number of aromatic nitrogens is 1. The van der Waals surface area contributed by atoms with E-state index in [4.69, 9.17) is 10.2 Å². The predicted molar refractivity (Wildman–Crippen MR) is 76.6 cm³/mol. The summed E-state index contributed by atoms with van der Waals surface area (Å²) in [4.78, 5) is 4.29. The molecule has 0 aliphatic carbocycles. The van der Waals surface area contributed by atoms with Crippen LogP contribution in [0.2, 0.25) is 0 Å². The number of hydrogen-bond acceptors (Lipinski definition) is 4. The second-order valence-electron chi connectivity index (χ2n) is 4.32. The SMILES string of the molecule is Cc1ccc(C(C)Nc2ncc(N)c(C)c2Br)o1.